The molecule has 0 bridgehead atoms. The van der Waals surface area contributed by atoms with Crippen molar-refractivity contribution in [2.24, 2.45) is 7.05 Å². The van der Waals surface area contributed by atoms with E-state index in [1.165, 1.54) is 10.6 Å². The number of hydrogen-bond donors (Lipinski definition) is 1. The molecular weight excluding hydrogens is 180 g/mol. The van der Waals surface area contributed by atoms with Crippen molar-refractivity contribution in [2.45, 2.75) is 13.8 Å². The van der Waals surface area contributed by atoms with E-state index in [-0.39, 0.29) is 11.5 Å². The molecule has 1 N–H and O–H groups in total. The number of aromatic nitrogens is 1. The molecule has 0 aliphatic rings. The molecule has 0 spiro atoms. The number of aryl methyl sites for hydroxylation is 1. The van der Waals surface area contributed by atoms with Crippen molar-refractivity contribution < 1.29 is 4.79 Å². The van der Waals surface area contributed by atoms with E-state index in [4.69, 9.17) is 0 Å². The topological polar surface area (TPSA) is 51.1 Å². The minimum absolute atomic E-state index is 0.0901. The first-order valence-electron chi connectivity index (χ1n) is 4.38. The van der Waals surface area contributed by atoms with Crippen LogP contribution in [0, 0.1) is 13.8 Å². The number of pyridine rings is 1. The highest BCUT2D eigenvalue weighted by Crippen LogP contribution is 2.09. The van der Waals surface area contributed by atoms with Crippen LogP contribution in [0.2, 0.25) is 0 Å². The van der Waals surface area contributed by atoms with Gasteiger partial charge in [0.25, 0.3) is 11.5 Å². The lowest BCUT2D eigenvalue weighted by molar-refractivity contribution is 0.0961. The summed E-state index contributed by atoms with van der Waals surface area (Å²) in [5.41, 5.74) is 1.89. The van der Waals surface area contributed by atoms with Gasteiger partial charge >= 0.3 is 0 Å². The molecule has 4 heteroatoms. The molecule has 0 aliphatic carbocycles. The molecule has 0 unspecified atom stereocenters. The first-order chi connectivity index (χ1) is 6.49. The summed E-state index contributed by atoms with van der Waals surface area (Å²) in [5, 5.41) is 2.56. The highest BCUT2D eigenvalue weighted by atomic mass is 16.1. The summed E-state index contributed by atoms with van der Waals surface area (Å²) in [6.45, 7) is 3.53. The summed E-state index contributed by atoms with van der Waals surface area (Å²) >= 11 is 0. The van der Waals surface area contributed by atoms with Crippen molar-refractivity contribution in [3.8, 4) is 0 Å². The smallest absolute Gasteiger partial charge is 0.253 e. The molecule has 1 aromatic heterocycles. The van der Waals surface area contributed by atoms with Crippen LogP contribution in [0.4, 0.5) is 0 Å². The minimum Gasteiger partial charge on any atom is -0.355 e. The number of nitrogens with one attached hydrogen (secondary N) is 1. The van der Waals surface area contributed by atoms with Crippen LogP contribution >= 0.6 is 0 Å². The van der Waals surface area contributed by atoms with Crippen LogP contribution < -0.4 is 10.9 Å². The van der Waals surface area contributed by atoms with Crippen LogP contribution in [0.25, 0.3) is 0 Å². The van der Waals surface area contributed by atoms with Crippen LogP contribution in [0.1, 0.15) is 21.6 Å². The molecule has 0 saturated carbocycles. The summed E-state index contributed by atoms with van der Waals surface area (Å²) in [6, 6.07) is 1.47. The zero-order chi connectivity index (χ0) is 10.9. The zero-order valence-electron chi connectivity index (χ0n) is 8.84. The Labute approximate surface area is 82.6 Å². The monoisotopic (exact) mass is 194 g/mol. The molecule has 1 rings (SSSR count). The highest BCUT2D eigenvalue weighted by Gasteiger charge is 2.13. The summed E-state index contributed by atoms with van der Waals surface area (Å²) in [6.07, 6.45) is 0. The van der Waals surface area contributed by atoms with Crippen LogP contribution in [0.5, 0.6) is 0 Å². The van der Waals surface area contributed by atoms with E-state index >= 15 is 0 Å². The van der Waals surface area contributed by atoms with E-state index in [2.05, 4.69) is 5.32 Å². The number of carbonyl (C=O) groups is 1. The Kier molecular flexibility index (Phi) is 2.74. The molecule has 14 heavy (non-hydrogen) atoms. The Balaban J connectivity index is 3.52. The van der Waals surface area contributed by atoms with Gasteiger partial charge < -0.3 is 9.88 Å². The van der Waals surface area contributed by atoms with Crippen LogP contribution in [0.3, 0.4) is 0 Å². The zero-order valence-corrected chi connectivity index (χ0v) is 8.84. The predicted octanol–water partition coefficient (Wildman–Crippen LogP) is 0.362. The third kappa shape index (κ3) is 1.55. The van der Waals surface area contributed by atoms with Crippen molar-refractivity contribution in [2.75, 3.05) is 7.05 Å². The first kappa shape index (κ1) is 10.5. The molecular formula is C10H14N2O2. The van der Waals surface area contributed by atoms with Crippen molar-refractivity contribution in [1.29, 1.82) is 0 Å². The van der Waals surface area contributed by atoms with Gasteiger partial charge in [0.05, 0.1) is 5.56 Å². The quantitative estimate of drug-likeness (QED) is 0.701. The Morgan fingerprint density at radius 2 is 2.00 bits per heavy atom. The fraction of sp³-hybridized carbons (Fsp3) is 0.400. The maximum absolute atomic E-state index is 11.5. The average molecular weight is 194 g/mol. The van der Waals surface area contributed by atoms with Crippen LogP contribution in [-0.2, 0) is 7.05 Å². The van der Waals surface area contributed by atoms with E-state index in [0.717, 1.165) is 0 Å². The normalized spacial score (nSPS) is 10.0. The van der Waals surface area contributed by atoms with E-state index in [9.17, 15) is 9.59 Å². The SMILES string of the molecule is CNC(=O)c1c(C)cc(=O)n(C)c1C. The number of rotatable bonds is 1. The maximum atomic E-state index is 11.5. The molecule has 1 amide bonds. The lowest BCUT2D eigenvalue weighted by atomic mass is 10.1. The average Bonchev–Trinajstić information content (AvgIpc) is 2.14. The molecule has 0 atom stereocenters. The van der Waals surface area contributed by atoms with Crippen LogP contribution in [0.15, 0.2) is 10.9 Å². The van der Waals surface area contributed by atoms with Crippen molar-refractivity contribution in [3.05, 3.63) is 33.2 Å². The third-order valence-corrected chi connectivity index (χ3v) is 2.38. The molecule has 1 heterocycles. The van der Waals surface area contributed by atoms with Crippen molar-refractivity contribution >= 4 is 5.91 Å². The standard InChI is InChI=1S/C10H14N2O2/c1-6-5-8(13)12(4)7(2)9(6)10(14)11-3/h5H,1-4H3,(H,11,14). The van der Waals surface area contributed by atoms with Gasteiger partial charge in [-0.3, -0.25) is 9.59 Å². The van der Waals surface area contributed by atoms with Crippen molar-refractivity contribution in [1.82, 2.24) is 9.88 Å². The Bertz CT molecular complexity index is 432. The van der Waals surface area contributed by atoms with Crippen molar-refractivity contribution in [3.63, 3.8) is 0 Å². The summed E-state index contributed by atoms with van der Waals surface area (Å²) in [5.74, 6) is -0.157. The second-order valence-corrected chi connectivity index (χ2v) is 3.26. The van der Waals surface area contributed by atoms with E-state index in [0.29, 0.717) is 16.8 Å². The number of nitrogens with zero attached hydrogens (tertiary/aromatic N) is 1. The lowest BCUT2D eigenvalue weighted by Gasteiger charge is -2.11. The molecule has 76 valence electrons. The fourth-order valence-electron chi connectivity index (χ4n) is 1.44. The second kappa shape index (κ2) is 3.65. The van der Waals surface area contributed by atoms with E-state index in [1.807, 2.05) is 0 Å². The largest absolute Gasteiger partial charge is 0.355 e. The third-order valence-electron chi connectivity index (χ3n) is 2.38. The molecule has 4 nitrogen and oxygen atoms in total. The Morgan fingerprint density at radius 3 is 2.50 bits per heavy atom. The maximum Gasteiger partial charge on any atom is 0.253 e. The fourth-order valence-corrected chi connectivity index (χ4v) is 1.44. The van der Waals surface area contributed by atoms with E-state index in [1.54, 1.807) is 27.9 Å². The van der Waals surface area contributed by atoms with E-state index < -0.39 is 0 Å². The van der Waals surface area contributed by atoms with Gasteiger partial charge in [-0.1, -0.05) is 0 Å². The van der Waals surface area contributed by atoms with Gasteiger partial charge in [-0.05, 0) is 19.4 Å². The first-order valence-corrected chi connectivity index (χ1v) is 4.38. The highest BCUT2D eigenvalue weighted by molar-refractivity contribution is 5.96. The molecule has 0 aromatic carbocycles. The van der Waals surface area contributed by atoms with Gasteiger partial charge in [0.1, 0.15) is 0 Å². The summed E-state index contributed by atoms with van der Waals surface area (Å²) in [7, 11) is 3.23. The molecule has 0 saturated heterocycles. The number of hydrogen-bond acceptors (Lipinski definition) is 2. The molecule has 0 aliphatic heterocycles. The minimum atomic E-state index is -0.157. The van der Waals surface area contributed by atoms with Gasteiger partial charge in [0, 0.05) is 25.9 Å². The summed E-state index contributed by atoms with van der Waals surface area (Å²) in [4.78, 5) is 22.8. The van der Waals surface area contributed by atoms with Gasteiger partial charge in [0.2, 0.25) is 0 Å². The lowest BCUT2D eigenvalue weighted by Crippen LogP contribution is -2.27. The number of carbonyl (C=O) groups excluding carboxylic acids is 1. The van der Waals surface area contributed by atoms with Gasteiger partial charge in [-0.2, -0.15) is 0 Å². The molecule has 0 fully saturated rings. The Hall–Kier alpha value is -1.58. The van der Waals surface area contributed by atoms with Gasteiger partial charge in [-0.25, -0.2) is 0 Å². The van der Waals surface area contributed by atoms with Crippen LogP contribution in [-0.4, -0.2) is 17.5 Å². The Morgan fingerprint density at radius 1 is 1.43 bits per heavy atom. The van der Waals surface area contributed by atoms with Gasteiger partial charge in [-0.15, -0.1) is 0 Å². The van der Waals surface area contributed by atoms with Gasteiger partial charge in [0.15, 0.2) is 0 Å². The summed E-state index contributed by atoms with van der Waals surface area (Å²) < 4.78 is 1.47. The number of amides is 1. The second-order valence-electron chi connectivity index (χ2n) is 3.26. The molecule has 1 aromatic rings. The molecule has 0 radical (unpaired) electrons. The predicted molar refractivity (Wildman–Crippen MR) is 54.5 cm³/mol.